The molecule has 0 spiro atoms. The van der Waals surface area contributed by atoms with E-state index < -0.39 is 11.6 Å². The largest absolute Gasteiger partial charge is 0.348 e. The Kier molecular flexibility index (Phi) is 4.98. The quantitative estimate of drug-likeness (QED) is 0.836. The Morgan fingerprint density at radius 1 is 1.04 bits per heavy atom. The number of aromatic nitrogens is 1. The van der Waals surface area contributed by atoms with Crippen LogP contribution in [0.4, 0.5) is 8.78 Å². The van der Waals surface area contributed by atoms with Gasteiger partial charge in [-0.1, -0.05) is 19.3 Å². The van der Waals surface area contributed by atoms with Gasteiger partial charge in [0.25, 0.3) is 5.91 Å². The van der Waals surface area contributed by atoms with Gasteiger partial charge in [-0.2, -0.15) is 0 Å². The minimum absolute atomic E-state index is 0.0125. The highest BCUT2D eigenvalue weighted by atomic mass is 19.1. The van der Waals surface area contributed by atoms with Crippen molar-refractivity contribution in [2.75, 3.05) is 6.54 Å². The highest BCUT2D eigenvalue weighted by molar-refractivity contribution is 5.98. The Morgan fingerprint density at radius 3 is 2.59 bits per heavy atom. The smallest absolute Gasteiger partial charge is 0.270 e. The van der Waals surface area contributed by atoms with E-state index in [1.54, 1.807) is 4.90 Å². The van der Waals surface area contributed by atoms with Crippen LogP contribution in [0.3, 0.4) is 0 Å². The number of nitrogens with zero attached hydrogens (tertiary/aromatic N) is 1. The Balaban J connectivity index is 1.68. The number of amides is 1. The number of halogens is 2. The molecular formula is C21H24F2N2O2. The molecule has 1 saturated carbocycles. The fourth-order valence-corrected chi connectivity index (χ4v) is 4.64. The highest BCUT2D eigenvalue weighted by Crippen LogP contribution is 2.32. The van der Waals surface area contributed by atoms with E-state index in [1.807, 2.05) is 0 Å². The Labute approximate surface area is 156 Å². The monoisotopic (exact) mass is 374 g/mol. The topological polar surface area (TPSA) is 53.2 Å². The second-order valence-electron chi connectivity index (χ2n) is 7.73. The predicted octanol–water partition coefficient (Wildman–Crippen LogP) is 4.59. The van der Waals surface area contributed by atoms with Crippen LogP contribution in [0.2, 0.25) is 0 Å². The van der Waals surface area contributed by atoms with Gasteiger partial charge < -0.3 is 9.88 Å². The fourth-order valence-electron chi connectivity index (χ4n) is 4.64. The molecule has 1 N–H and O–H groups in total. The lowest BCUT2D eigenvalue weighted by atomic mass is 9.80. The van der Waals surface area contributed by atoms with Crippen LogP contribution in [0.25, 0.3) is 10.9 Å². The summed E-state index contributed by atoms with van der Waals surface area (Å²) in [6.07, 6.45) is 7.06. The van der Waals surface area contributed by atoms with Gasteiger partial charge in [-0.05, 0) is 43.9 Å². The van der Waals surface area contributed by atoms with Crippen molar-refractivity contribution in [3.8, 4) is 0 Å². The van der Waals surface area contributed by atoms with E-state index in [2.05, 4.69) is 4.98 Å². The maximum absolute atomic E-state index is 14.0. The average Bonchev–Trinajstić information content (AvgIpc) is 2.99. The third-order valence-electron chi connectivity index (χ3n) is 6.05. The van der Waals surface area contributed by atoms with Crippen molar-refractivity contribution in [1.29, 1.82) is 0 Å². The molecule has 4 nitrogen and oxygen atoms in total. The molecule has 0 radical (unpaired) electrons. The zero-order chi connectivity index (χ0) is 19.0. The summed E-state index contributed by atoms with van der Waals surface area (Å²) in [5.41, 5.74) is 0.197. The number of nitrogens with one attached hydrogen (secondary N) is 1. The zero-order valence-corrected chi connectivity index (χ0v) is 15.3. The number of carbonyl (C=O) groups is 2. The number of ketones is 1. The molecule has 2 atom stereocenters. The molecule has 6 heteroatoms. The third kappa shape index (κ3) is 3.37. The van der Waals surface area contributed by atoms with Gasteiger partial charge in [-0.25, -0.2) is 8.78 Å². The standard InChI is InChI=1S/C21H24F2N2O2/c22-15-9-10-16(23)20-14(15)12-17(24-20)21(27)25-11-5-1-2-7-18(25)13-6-3-4-8-19(13)26/h9-10,12-13,18,24H,1-8,11H2/t13-,18+/m0/s1. The maximum Gasteiger partial charge on any atom is 0.270 e. The van der Waals surface area contributed by atoms with Crippen LogP contribution in [0.5, 0.6) is 0 Å². The van der Waals surface area contributed by atoms with Crippen molar-refractivity contribution in [2.45, 2.75) is 57.4 Å². The van der Waals surface area contributed by atoms with E-state index in [-0.39, 0.29) is 40.2 Å². The summed E-state index contributed by atoms with van der Waals surface area (Å²) in [6, 6.07) is 3.39. The minimum atomic E-state index is -0.583. The molecule has 4 rings (SSSR count). The highest BCUT2D eigenvalue weighted by Gasteiger charge is 2.37. The van der Waals surface area contributed by atoms with Gasteiger partial charge in [-0.15, -0.1) is 0 Å². The summed E-state index contributed by atoms with van der Waals surface area (Å²) in [5.74, 6) is -1.27. The summed E-state index contributed by atoms with van der Waals surface area (Å²) in [6.45, 7) is 0.577. The molecule has 1 amide bonds. The van der Waals surface area contributed by atoms with E-state index in [0.717, 1.165) is 57.1 Å². The van der Waals surface area contributed by atoms with Crippen molar-refractivity contribution in [3.05, 3.63) is 35.5 Å². The number of carbonyl (C=O) groups excluding carboxylic acids is 2. The number of hydrogen-bond acceptors (Lipinski definition) is 2. The van der Waals surface area contributed by atoms with E-state index >= 15 is 0 Å². The first-order chi connectivity index (χ1) is 13.1. The van der Waals surface area contributed by atoms with Gasteiger partial charge in [0.2, 0.25) is 0 Å². The average molecular weight is 374 g/mol. The van der Waals surface area contributed by atoms with Crippen LogP contribution in [0, 0.1) is 17.6 Å². The maximum atomic E-state index is 14.0. The predicted molar refractivity (Wildman–Crippen MR) is 98.5 cm³/mol. The third-order valence-corrected chi connectivity index (χ3v) is 6.05. The second kappa shape index (κ2) is 7.41. The van der Waals surface area contributed by atoms with Crippen molar-refractivity contribution >= 4 is 22.6 Å². The van der Waals surface area contributed by atoms with Crippen LogP contribution >= 0.6 is 0 Å². The van der Waals surface area contributed by atoms with Crippen molar-refractivity contribution < 1.29 is 18.4 Å². The van der Waals surface area contributed by atoms with Crippen LogP contribution in [-0.2, 0) is 4.79 Å². The molecule has 0 unspecified atom stereocenters. The molecule has 1 aromatic carbocycles. The molecule has 1 aliphatic heterocycles. The molecule has 0 bridgehead atoms. The first-order valence-corrected chi connectivity index (χ1v) is 9.86. The van der Waals surface area contributed by atoms with E-state index in [4.69, 9.17) is 0 Å². The summed E-state index contributed by atoms with van der Waals surface area (Å²) >= 11 is 0. The number of benzene rings is 1. The zero-order valence-electron chi connectivity index (χ0n) is 15.3. The number of hydrogen-bond donors (Lipinski definition) is 1. The Bertz CT molecular complexity index is 837. The molecule has 2 fully saturated rings. The lowest BCUT2D eigenvalue weighted by Crippen LogP contribution is -2.47. The Morgan fingerprint density at radius 2 is 1.81 bits per heavy atom. The summed E-state index contributed by atoms with van der Waals surface area (Å²) in [7, 11) is 0. The summed E-state index contributed by atoms with van der Waals surface area (Å²) in [4.78, 5) is 30.3. The minimum Gasteiger partial charge on any atom is -0.348 e. The summed E-state index contributed by atoms with van der Waals surface area (Å²) < 4.78 is 28.0. The lowest BCUT2D eigenvalue weighted by Gasteiger charge is -2.36. The molecule has 2 aliphatic rings. The first-order valence-electron chi connectivity index (χ1n) is 9.86. The molecule has 1 aliphatic carbocycles. The number of H-pyrrole nitrogens is 1. The van der Waals surface area contributed by atoms with E-state index in [0.29, 0.717) is 13.0 Å². The lowest BCUT2D eigenvalue weighted by molar-refractivity contribution is -0.126. The van der Waals surface area contributed by atoms with Crippen LogP contribution < -0.4 is 0 Å². The normalized spacial score (nSPS) is 24.2. The van der Waals surface area contributed by atoms with Gasteiger partial charge in [0, 0.05) is 30.3 Å². The SMILES string of the molecule is O=C1CCCC[C@H]1[C@H]1CCCCCN1C(=O)c1cc2c(F)ccc(F)c2[nH]1. The van der Waals surface area contributed by atoms with E-state index in [1.165, 1.54) is 6.07 Å². The van der Waals surface area contributed by atoms with Gasteiger partial charge in [0.1, 0.15) is 23.1 Å². The number of rotatable bonds is 2. The molecule has 2 heterocycles. The number of aromatic amines is 1. The van der Waals surface area contributed by atoms with Crippen molar-refractivity contribution in [2.24, 2.45) is 5.92 Å². The molecule has 144 valence electrons. The molecule has 1 aromatic heterocycles. The van der Waals surface area contributed by atoms with Gasteiger partial charge >= 0.3 is 0 Å². The summed E-state index contributed by atoms with van der Waals surface area (Å²) in [5, 5.41) is 0.0819. The number of Topliss-reactive ketones (excluding diaryl/α,β-unsaturated/α-hetero) is 1. The van der Waals surface area contributed by atoms with Gasteiger partial charge in [0.05, 0.1) is 5.52 Å². The Hall–Kier alpha value is -2.24. The van der Waals surface area contributed by atoms with Crippen molar-refractivity contribution in [3.63, 3.8) is 0 Å². The molecule has 1 saturated heterocycles. The molecule has 2 aromatic rings. The fraction of sp³-hybridized carbons (Fsp3) is 0.524. The second-order valence-corrected chi connectivity index (χ2v) is 7.73. The number of fused-ring (bicyclic) bond motifs is 1. The van der Waals surface area contributed by atoms with Gasteiger partial charge in [0.15, 0.2) is 0 Å². The number of likely N-dealkylation sites (tertiary alicyclic amines) is 1. The van der Waals surface area contributed by atoms with Crippen LogP contribution in [-0.4, -0.2) is 34.2 Å². The molecular weight excluding hydrogens is 350 g/mol. The van der Waals surface area contributed by atoms with Gasteiger partial charge in [-0.3, -0.25) is 9.59 Å². The van der Waals surface area contributed by atoms with E-state index in [9.17, 15) is 18.4 Å². The van der Waals surface area contributed by atoms with Crippen molar-refractivity contribution in [1.82, 2.24) is 9.88 Å². The molecule has 27 heavy (non-hydrogen) atoms. The van der Waals surface area contributed by atoms with Crippen LogP contribution in [0.15, 0.2) is 18.2 Å². The van der Waals surface area contributed by atoms with Crippen LogP contribution in [0.1, 0.15) is 61.9 Å². The first kappa shape index (κ1) is 18.1.